The molecule has 1 aliphatic heterocycles. The zero-order chi connectivity index (χ0) is 16.1. The van der Waals surface area contributed by atoms with E-state index in [4.69, 9.17) is 4.74 Å². The molecule has 2 rings (SSSR count). The Balaban J connectivity index is 1.93. The highest BCUT2D eigenvalue weighted by molar-refractivity contribution is 7.10. The summed E-state index contributed by atoms with van der Waals surface area (Å²) in [6.45, 7) is 4.29. The fourth-order valence-electron chi connectivity index (χ4n) is 2.71. The fraction of sp³-hybridized carbons (Fsp3) is 0.625. The van der Waals surface area contributed by atoms with Gasteiger partial charge in [0.05, 0.1) is 19.1 Å². The maximum atomic E-state index is 12.6. The molecule has 0 unspecified atom stereocenters. The lowest BCUT2D eigenvalue weighted by Crippen LogP contribution is -2.47. The molecule has 1 aliphatic rings. The Hall–Kier alpha value is -1.40. The van der Waals surface area contributed by atoms with Crippen molar-refractivity contribution in [1.29, 1.82) is 0 Å². The summed E-state index contributed by atoms with van der Waals surface area (Å²) in [7, 11) is 3.46. The second-order valence-corrected chi connectivity index (χ2v) is 6.79. The Morgan fingerprint density at radius 1 is 1.55 bits per heavy atom. The summed E-state index contributed by atoms with van der Waals surface area (Å²) in [5.74, 6) is 0.153. The molecule has 2 amide bonds. The van der Waals surface area contributed by atoms with Crippen LogP contribution in [0.3, 0.4) is 0 Å². The number of piperidine rings is 1. The zero-order valence-corrected chi connectivity index (χ0v) is 14.3. The van der Waals surface area contributed by atoms with Crippen LogP contribution >= 0.6 is 11.3 Å². The van der Waals surface area contributed by atoms with E-state index in [1.807, 2.05) is 7.05 Å². The summed E-state index contributed by atoms with van der Waals surface area (Å²) in [6, 6.07) is 2.07. The normalized spacial score (nSPS) is 18.6. The van der Waals surface area contributed by atoms with Gasteiger partial charge < -0.3 is 14.5 Å². The maximum Gasteiger partial charge on any atom is 0.227 e. The first-order chi connectivity index (χ1) is 10.5. The van der Waals surface area contributed by atoms with E-state index >= 15 is 0 Å². The van der Waals surface area contributed by atoms with Gasteiger partial charge in [0.1, 0.15) is 0 Å². The van der Waals surface area contributed by atoms with E-state index in [-0.39, 0.29) is 17.7 Å². The van der Waals surface area contributed by atoms with Gasteiger partial charge in [-0.2, -0.15) is 0 Å². The van der Waals surface area contributed by atoms with Gasteiger partial charge in [-0.1, -0.05) is 0 Å². The summed E-state index contributed by atoms with van der Waals surface area (Å²) in [5.41, 5.74) is 1.23. The first kappa shape index (κ1) is 17.0. The van der Waals surface area contributed by atoms with Crippen LogP contribution < -0.4 is 0 Å². The monoisotopic (exact) mass is 324 g/mol. The van der Waals surface area contributed by atoms with Crippen molar-refractivity contribution in [3.8, 4) is 0 Å². The number of ether oxygens (including phenoxy) is 1. The molecule has 1 aromatic rings. The molecule has 1 atom stereocenters. The number of hydrogen-bond acceptors (Lipinski definition) is 4. The van der Waals surface area contributed by atoms with E-state index in [1.165, 1.54) is 10.4 Å². The topological polar surface area (TPSA) is 49.9 Å². The van der Waals surface area contributed by atoms with E-state index in [0.717, 1.165) is 0 Å². The first-order valence-corrected chi connectivity index (χ1v) is 8.45. The highest BCUT2D eigenvalue weighted by atomic mass is 32.1. The molecule has 0 bridgehead atoms. The third-order valence-corrected chi connectivity index (χ3v) is 5.15. The van der Waals surface area contributed by atoms with E-state index in [2.05, 4.69) is 18.4 Å². The number of hydrogen-bond donors (Lipinski definition) is 0. The quantitative estimate of drug-likeness (QED) is 0.803. The Morgan fingerprint density at radius 3 is 2.95 bits per heavy atom. The third kappa shape index (κ3) is 4.08. The van der Waals surface area contributed by atoms with Crippen molar-refractivity contribution in [2.45, 2.75) is 26.3 Å². The SMILES string of the molecule is COCCN1C[C@H](C(=O)N(C)Cc2sccc2C)CCC1=O. The van der Waals surface area contributed by atoms with Crippen LogP contribution in [0.4, 0.5) is 0 Å². The predicted octanol–water partition coefficient (Wildman–Crippen LogP) is 1.90. The number of rotatable bonds is 6. The molecule has 122 valence electrons. The van der Waals surface area contributed by atoms with Gasteiger partial charge in [0.15, 0.2) is 0 Å². The number of methoxy groups -OCH3 is 1. The summed E-state index contributed by atoms with van der Waals surface area (Å²) in [6.07, 6.45) is 1.10. The fourth-order valence-corrected chi connectivity index (χ4v) is 3.66. The largest absolute Gasteiger partial charge is 0.383 e. The van der Waals surface area contributed by atoms with Crippen LogP contribution in [-0.2, 0) is 20.9 Å². The third-order valence-electron chi connectivity index (χ3n) is 4.14. The lowest BCUT2D eigenvalue weighted by Gasteiger charge is -2.33. The average Bonchev–Trinajstić information content (AvgIpc) is 2.91. The van der Waals surface area contributed by atoms with Gasteiger partial charge in [0, 0.05) is 38.5 Å². The minimum Gasteiger partial charge on any atom is -0.383 e. The van der Waals surface area contributed by atoms with Crippen molar-refractivity contribution < 1.29 is 14.3 Å². The van der Waals surface area contributed by atoms with Gasteiger partial charge in [-0.25, -0.2) is 0 Å². The minimum atomic E-state index is -0.0974. The molecule has 0 aliphatic carbocycles. The van der Waals surface area contributed by atoms with Gasteiger partial charge in [-0.05, 0) is 30.4 Å². The number of thiophene rings is 1. The molecule has 0 spiro atoms. The molecule has 0 saturated carbocycles. The molecular formula is C16H24N2O3S. The molecule has 2 heterocycles. The molecule has 1 aromatic heterocycles. The van der Waals surface area contributed by atoms with Crippen molar-refractivity contribution in [1.82, 2.24) is 9.80 Å². The maximum absolute atomic E-state index is 12.6. The molecular weight excluding hydrogens is 300 g/mol. The Labute approximate surface area is 135 Å². The van der Waals surface area contributed by atoms with Crippen molar-refractivity contribution in [3.05, 3.63) is 21.9 Å². The van der Waals surface area contributed by atoms with Crippen LogP contribution in [0.2, 0.25) is 0 Å². The molecule has 6 heteroatoms. The number of carbonyl (C=O) groups is 2. The van der Waals surface area contributed by atoms with Crippen molar-refractivity contribution in [2.75, 3.05) is 33.9 Å². The van der Waals surface area contributed by atoms with Crippen molar-refractivity contribution in [2.24, 2.45) is 5.92 Å². The molecule has 5 nitrogen and oxygen atoms in total. The van der Waals surface area contributed by atoms with Crippen LogP contribution in [0, 0.1) is 12.8 Å². The number of aryl methyl sites for hydroxylation is 1. The highest BCUT2D eigenvalue weighted by Crippen LogP contribution is 2.22. The Morgan fingerprint density at radius 2 is 2.32 bits per heavy atom. The van der Waals surface area contributed by atoms with Crippen LogP contribution in [0.25, 0.3) is 0 Å². The lowest BCUT2D eigenvalue weighted by atomic mass is 9.96. The van der Waals surface area contributed by atoms with E-state index in [1.54, 1.807) is 28.2 Å². The van der Waals surface area contributed by atoms with Gasteiger partial charge in [-0.15, -0.1) is 11.3 Å². The molecule has 0 radical (unpaired) electrons. The second-order valence-electron chi connectivity index (χ2n) is 5.79. The number of carbonyl (C=O) groups excluding carboxylic acids is 2. The van der Waals surface area contributed by atoms with Crippen LogP contribution in [0.1, 0.15) is 23.3 Å². The number of nitrogens with zero attached hydrogens (tertiary/aromatic N) is 2. The smallest absolute Gasteiger partial charge is 0.227 e. The summed E-state index contributed by atoms with van der Waals surface area (Å²) in [4.78, 5) is 29.3. The standard InChI is InChI=1S/C16H24N2O3S/c1-12-6-9-22-14(12)11-17(2)16(20)13-4-5-15(19)18(10-13)7-8-21-3/h6,9,13H,4-5,7-8,10-11H2,1-3H3/t13-/m1/s1. The zero-order valence-electron chi connectivity index (χ0n) is 13.5. The lowest BCUT2D eigenvalue weighted by molar-refractivity contribution is -0.143. The average molecular weight is 324 g/mol. The molecule has 0 aromatic carbocycles. The van der Waals surface area contributed by atoms with Crippen molar-refractivity contribution >= 4 is 23.2 Å². The van der Waals surface area contributed by atoms with Crippen molar-refractivity contribution in [3.63, 3.8) is 0 Å². The Kier molecular flexibility index (Phi) is 5.97. The first-order valence-electron chi connectivity index (χ1n) is 7.57. The van der Waals surface area contributed by atoms with Crippen LogP contribution in [-0.4, -0.2) is 55.5 Å². The van der Waals surface area contributed by atoms with Gasteiger partial charge in [0.25, 0.3) is 0 Å². The Bertz CT molecular complexity index is 529. The summed E-state index contributed by atoms with van der Waals surface area (Å²) in [5, 5.41) is 2.05. The molecule has 1 saturated heterocycles. The molecule has 0 N–H and O–H groups in total. The second kappa shape index (κ2) is 7.74. The minimum absolute atomic E-state index is 0.0974. The summed E-state index contributed by atoms with van der Waals surface area (Å²) >= 11 is 1.68. The molecule has 1 fully saturated rings. The van der Waals surface area contributed by atoms with Crippen LogP contribution in [0.15, 0.2) is 11.4 Å². The van der Waals surface area contributed by atoms with E-state index < -0.39 is 0 Å². The number of likely N-dealkylation sites (tertiary alicyclic amines) is 1. The van der Waals surface area contributed by atoms with E-state index in [9.17, 15) is 9.59 Å². The summed E-state index contributed by atoms with van der Waals surface area (Å²) < 4.78 is 5.03. The predicted molar refractivity (Wildman–Crippen MR) is 86.7 cm³/mol. The molecule has 22 heavy (non-hydrogen) atoms. The van der Waals surface area contributed by atoms with Gasteiger partial charge in [0.2, 0.25) is 11.8 Å². The highest BCUT2D eigenvalue weighted by Gasteiger charge is 2.31. The number of amides is 2. The van der Waals surface area contributed by atoms with Gasteiger partial charge in [-0.3, -0.25) is 9.59 Å². The van der Waals surface area contributed by atoms with Crippen LogP contribution in [0.5, 0.6) is 0 Å². The van der Waals surface area contributed by atoms with Gasteiger partial charge >= 0.3 is 0 Å². The van der Waals surface area contributed by atoms with E-state index in [0.29, 0.717) is 39.1 Å².